The molecule has 0 fully saturated rings. The van der Waals surface area contributed by atoms with Gasteiger partial charge in [0.1, 0.15) is 0 Å². The monoisotopic (exact) mass is 300 g/mol. The summed E-state index contributed by atoms with van der Waals surface area (Å²) in [6.07, 6.45) is 2.43. The van der Waals surface area contributed by atoms with Gasteiger partial charge in [-0.2, -0.15) is 0 Å². The van der Waals surface area contributed by atoms with E-state index >= 15 is 0 Å². The molecule has 0 aliphatic rings. The van der Waals surface area contributed by atoms with Gasteiger partial charge in [0.25, 0.3) is 0 Å². The summed E-state index contributed by atoms with van der Waals surface area (Å²) in [7, 11) is -1.82. The molecule has 0 aromatic heterocycles. The molecule has 0 radical (unpaired) electrons. The van der Waals surface area contributed by atoms with Crippen LogP contribution >= 0.6 is 0 Å². The van der Waals surface area contributed by atoms with E-state index in [4.69, 9.17) is 10.5 Å². The van der Waals surface area contributed by atoms with Gasteiger partial charge < -0.3 is 10.5 Å². The molecule has 3 N–H and O–H groups in total. The van der Waals surface area contributed by atoms with Gasteiger partial charge in [0.15, 0.2) is 0 Å². The highest BCUT2D eigenvalue weighted by Gasteiger charge is 2.14. The number of methoxy groups -OCH3 is 1. The molecule has 5 nitrogen and oxygen atoms in total. The van der Waals surface area contributed by atoms with Crippen LogP contribution in [0.1, 0.15) is 30.9 Å². The number of unbranched alkanes of at least 4 members (excludes halogenated alkanes) is 1. The molecular formula is C14H24N2O3S. The second-order valence-electron chi connectivity index (χ2n) is 4.59. The Morgan fingerprint density at radius 3 is 2.60 bits per heavy atom. The lowest BCUT2D eigenvalue weighted by molar-refractivity contribution is 0.193. The predicted octanol–water partition coefficient (Wildman–Crippen LogP) is 1.41. The zero-order chi connectivity index (χ0) is 15.0. The van der Waals surface area contributed by atoms with Crippen molar-refractivity contribution < 1.29 is 13.2 Å². The van der Waals surface area contributed by atoms with Crippen LogP contribution in [0.2, 0.25) is 0 Å². The van der Waals surface area contributed by atoms with Crippen molar-refractivity contribution in [2.45, 2.75) is 37.6 Å². The van der Waals surface area contributed by atoms with Crippen LogP contribution in [0.25, 0.3) is 0 Å². The number of rotatable bonds is 9. The van der Waals surface area contributed by atoms with Gasteiger partial charge in [-0.1, -0.05) is 13.0 Å². The molecule has 0 unspecified atom stereocenters. The molecule has 0 saturated heterocycles. The third-order valence-electron chi connectivity index (χ3n) is 3.16. The third-order valence-corrected chi connectivity index (χ3v) is 4.61. The molecule has 0 aliphatic heterocycles. The summed E-state index contributed by atoms with van der Waals surface area (Å²) in [6.45, 7) is 3.43. The van der Waals surface area contributed by atoms with E-state index in [2.05, 4.69) is 4.72 Å². The molecule has 0 saturated carbocycles. The van der Waals surface area contributed by atoms with Gasteiger partial charge in [-0.05, 0) is 42.5 Å². The van der Waals surface area contributed by atoms with E-state index in [-0.39, 0.29) is 4.90 Å². The van der Waals surface area contributed by atoms with Crippen molar-refractivity contribution in [3.63, 3.8) is 0 Å². The quantitative estimate of drug-likeness (QED) is 0.676. The second kappa shape index (κ2) is 8.36. The van der Waals surface area contributed by atoms with Crippen molar-refractivity contribution >= 4 is 10.0 Å². The fourth-order valence-corrected chi connectivity index (χ4v) is 3.09. The molecule has 6 heteroatoms. The minimum absolute atomic E-state index is 0.280. The largest absolute Gasteiger partial charge is 0.385 e. The van der Waals surface area contributed by atoms with Gasteiger partial charge in [0.2, 0.25) is 10.0 Å². The Morgan fingerprint density at radius 2 is 2.00 bits per heavy atom. The summed E-state index contributed by atoms with van der Waals surface area (Å²) < 4.78 is 31.8. The van der Waals surface area contributed by atoms with Crippen LogP contribution in [0.3, 0.4) is 0 Å². The highest BCUT2D eigenvalue weighted by Crippen LogP contribution is 2.16. The Hall–Kier alpha value is -0.950. The lowest BCUT2D eigenvalue weighted by Crippen LogP contribution is -2.25. The van der Waals surface area contributed by atoms with Crippen molar-refractivity contribution in [1.29, 1.82) is 0 Å². The molecule has 0 aliphatic carbocycles. The van der Waals surface area contributed by atoms with Crippen LogP contribution in [0, 0.1) is 0 Å². The van der Waals surface area contributed by atoms with Crippen molar-refractivity contribution in [2.75, 3.05) is 20.3 Å². The topological polar surface area (TPSA) is 81.4 Å². The highest BCUT2D eigenvalue weighted by atomic mass is 32.2. The molecule has 0 spiro atoms. The number of ether oxygens (including phenoxy) is 1. The summed E-state index contributed by atoms with van der Waals surface area (Å²) in [5, 5.41) is 0. The fourth-order valence-electron chi connectivity index (χ4n) is 1.97. The molecule has 1 aromatic rings. The van der Waals surface area contributed by atoms with Gasteiger partial charge >= 0.3 is 0 Å². The van der Waals surface area contributed by atoms with Crippen LogP contribution in [-0.2, 0) is 27.7 Å². The Balaban J connectivity index is 2.72. The SMILES string of the molecule is CCc1ccc(S(=O)(=O)NCCCCOC)cc1CN. The lowest BCUT2D eigenvalue weighted by atomic mass is 10.1. The first-order chi connectivity index (χ1) is 9.55. The van der Waals surface area contributed by atoms with Crippen LogP contribution in [-0.4, -0.2) is 28.7 Å². The second-order valence-corrected chi connectivity index (χ2v) is 6.35. The Labute approximate surface area is 121 Å². The molecular weight excluding hydrogens is 276 g/mol. The maximum absolute atomic E-state index is 12.1. The van der Waals surface area contributed by atoms with Gasteiger partial charge in [0.05, 0.1) is 4.90 Å². The summed E-state index contributed by atoms with van der Waals surface area (Å²) in [5.74, 6) is 0. The first kappa shape index (κ1) is 17.1. The van der Waals surface area contributed by atoms with Crippen molar-refractivity contribution in [3.8, 4) is 0 Å². The maximum atomic E-state index is 12.1. The first-order valence-corrected chi connectivity index (χ1v) is 8.34. The number of nitrogens with one attached hydrogen (secondary N) is 1. The Bertz CT molecular complexity index is 515. The highest BCUT2D eigenvalue weighted by molar-refractivity contribution is 7.89. The number of aryl methyl sites for hydroxylation is 1. The molecule has 1 aromatic carbocycles. The summed E-state index contributed by atoms with van der Waals surface area (Å²) in [5.41, 5.74) is 7.64. The molecule has 0 heterocycles. The number of hydrogen-bond donors (Lipinski definition) is 2. The average molecular weight is 300 g/mol. The van der Waals surface area contributed by atoms with E-state index < -0.39 is 10.0 Å². The zero-order valence-electron chi connectivity index (χ0n) is 12.2. The molecule has 20 heavy (non-hydrogen) atoms. The van der Waals surface area contributed by atoms with Crippen molar-refractivity contribution in [1.82, 2.24) is 4.72 Å². The summed E-state index contributed by atoms with van der Waals surface area (Å²) in [4.78, 5) is 0.280. The van der Waals surface area contributed by atoms with E-state index in [9.17, 15) is 8.42 Å². The van der Waals surface area contributed by atoms with Crippen LogP contribution in [0.5, 0.6) is 0 Å². The Kier molecular flexibility index (Phi) is 7.15. The van der Waals surface area contributed by atoms with Gasteiger partial charge in [0, 0.05) is 26.8 Å². The van der Waals surface area contributed by atoms with E-state index in [1.54, 1.807) is 19.2 Å². The molecule has 114 valence electrons. The molecule has 1 rings (SSSR count). The first-order valence-electron chi connectivity index (χ1n) is 6.85. The molecule has 0 atom stereocenters. The maximum Gasteiger partial charge on any atom is 0.240 e. The fraction of sp³-hybridized carbons (Fsp3) is 0.571. The van der Waals surface area contributed by atoms with E-state index in [0.29, 0.717) is 19.7 Å². The molecule has 0 bridgehead atoms. The summed E-state index contributed by atoms with van der Waals surface area (Å²) in [6, 6.07) is 5.13. The van der Waals surface area contributed by atoms with Gasteiger partial charge in [-0.3, -0.25) is 0 Å². The van der Waals surface area contributed by atoms with Crippen LogP contribution in [0.15, 0.2) is 23.1 Å². The van der Waals surface area contributed by atoms with E-state index in [1.807, 2.05) is 13.0 Å². The van der Waals surface area contributed by atoms with E-state index in [1.165, 1.54) is 0 Å². The number of benzene rings is 1. The predicted molar refractivity (Wildman–Crippen MR) is 80.0 cm³/mol. The number of hydrogen-bond acceptors (Lipinski definition) is 4. The van der Waals surface area contributed by atoms with Crippen molar-refractivity contribution in [2.24, 2.45) is 5.73 Å². The average Bonchev–Trinajstić information content (AvgIpc) is 2.46. The van der Waals surface area contributed by atoms with Crippen molar-refractivity contribution in [3.05, 3.63) is 29.3 Å². The third kappa shape index (κ3) is 4.86. The summed E-state index contributed by atoms with van der Waals surface area (Å²) >= 11 is 0. The van der Waals surface area contributed by atoms with Gasteiger partial charge in [-0.15, -0.1) is 0 Å². The van der Waals surface area contributed by atoms with Crippen LogP contribution < -0.4 is 10.5 Å². The molecule has 0 amide bonds. The zero-order valence-corrected chi connectivity index (χ0v) is 13.0. The normalized spacial score (nSPS) is 11.8. The number of nitrogens with two attached hydrogens (primary N) is 1. The number of sulfonamides is 1. The standard InChI is InChI=1S/C14H24N2O3S/c1-3-12-6-7-14(10-13(12)11-15)20(17,18)16-8-4-5-9-19-2/h6-7,10,16H,3-5,8-9,11,15H2,1-2H3. The minimum atomic E-state index is -3.45. The van der Waals surface area contributed by atoms with Crippen LogP contribution in [0.4, 0.5) is 0 Å². The lowest BCUT2D eigenvalue weighted by Gasteiger charge is -2.10. The van der Waals surface area contributed by atoms with E-state index in [0.717, 1.165) is 30.4 Å². The smallest absolute Gasteiger partial charge is 0.240 e. The van der Waals surface area contributed by atoms with Gasteiger partial charge in [-0.25, -0.2) is 13.1 Å². The minimum Gasteiger partial charge on any atom is -0.385 e. The Morgan fingerprint density at radius 1 is 1.25 bits per heavy atom.